The predicted molar refractivity (Wildman–Crippen MR) is 85.9 cm³/mol. The summed E-state index contributed by atoms with van der Waals surface area (Å²) in [5.41, 5.74) is 0.509. The van der Waals surface area contributed by atoms with Crippen LogP contribution in [-0.2, 0) is 0 Å². The zero-order chi connectivity index (χ0) is 14.2. The van der Waals surface area contributed by atoms with Crippen molar-refractivity contribution in [3.8, 4) is 0 Å². The van der Waals surface area contributed by atoms with Gasteiger partial charge in [-0.15, -0.1) is 0 Å². The van der Waals surface area contributed by atoms with E-state index in [9.17, 15) is 0 Å². The van der Waals surface area contributed by atoms with Gasteiger partial charge in [0.2, 0.25) is 0 Å². The summed E-state index contributed by atoms with van der Waals surface area (Å²) in [6.45, 7) is 11.3. The van der Waals surface area contributed by atoms with E-state index in [1.807, 2.05) is 0 Å². The number of fused-ring (bicyclic) bond motifs is 1. The van der Waals surface area contributed by atoms with Gasteiger partial charge in [0, 0.05) is 25.2 Å². The van der Waals surface area contributed by atoms with Gasteiger partial charge in [-0.25, -0.2) is 0 Å². The standard InChI is InChI=1S/C18H34N2/c1-18(2,3)15-7-4-8-16(10-9-15)20-12-14-6-5-11-19-17(14)13-20/h14-17,19H,4-13H2,1-3H3/t14-,15?,16?,17+/m0/s1. The molecule has 2 aliphatic heterocycles. The van der Waals surface area contributed by atoms with Crippen LogP contribution in [0.3, 0.4) is 0 Å². The van der Waals surface area contributed by atoms with Gasteiger partial charge in [0.25, 0.3) is 0 Å². The summed E-state index contributed by atoms with van der Waals surface area (Å²) >= 11 is 0. The molecule has 0 aromatic heterocycles. The van der Waals surface area contributed by atoms with E-state index in [1.54, 1.807) is 0 Å². The minimum Gasteiger partial charge on any atom is -0.312 e. The number of hydrogen-bond acceptors (Lipinski definition) is 2. The number of piperidine rings is 1. The molecular formula is C18H34N2. The third kappa shape index (κ3) is 3.22. The van der Waals surface area contributed by atoms with Crippen LogP contribution in [0, 0.1) is 17.3 Å². The van der Waals surface area contributed by atoms with Crippen LogP contribution in [0.1, 0.15) is 65.7 Å². The molecule has 0 spiro atoms. The summed E-state index contributed by atoms with van der Waals surface area (Å²) in [5.74, 6) is 1.89. The maximum Gasteiger partial charge on any atom is 0.0235 e. The fraction of sp³-hybridized carbons (Fsp3) is 1.00. The first-order valence-corrected chi connectivity index (χ1v) is 9.01. The molecule has 0 bridgehead atoms. The molecule has 3 fully saturated rings. The first kappa shape index (κ1) is 14.8. The van der Waals surface area contributed by atoms with Crippen LogP contribution in [0.4, 0.5) is 0 Å². The second kappa shape index (κ2) is 5.96. The summed E-state index contributed by atoms with van der Waals surface area (Å²) < 4.78 is 0. The minimum absolute atomic E-state index is 0.509. The Kier molecular flexibility index (Phi) is 4.42. The van der Waals surface area contributed by atoms with Crippen LogP contribution < -0.4 is 5.32 Å². The maximum absolute atomic E-state index is 3.76. The van der Waals surface area contributed by atoms with E-state index in [2.05, 4.69) is 31.0 Å². The molecule has 20 heavy (non-hydrogen) atoms. The third-order valence-corrected chi connectivity index (χ3v) is 6.31. The second-order valence-electron chi connectivity index (χ2n) is 8.64. The van der Waals surface area contributed by atoms with Gasteiger partial charge in [-0.2, -0.15) is 0 Å². The molecule has 0 amide bonds. The topological polar surface area (TPSA) is 15.3 Å². The molecular weight excluding hydrogens is 244 g/mol. The third-order valence-electron chi connectivity index (χ3n) is 6.31. The van der Waals surface area contributed by atoms with E-state index in [1.165, 1.54) is 64.6 Å². The molecule has 2 saturated heterocycles. The van der Waals surface area contributed by atoms with E-state index in [0.717, 1.165) is 23.9 Å². The van der Waals surface area contributed by atoms with Crippen molar-refractivity contribution in [2.24, 2.45) is 17.3 Å². The molecule has 4 atom stereocenters. The number of likely N-dealkylation sites (tertiary alicyclic amines) is 1. The Hall–Kier alpha value is -0.0800. The van der Waals surface area contributed by atoms with Gasteiger partial charge in [-0.05, 0) is 62.3 Å². The van der Waals surface area contributed by atoms with Crippen LogP contribution >= 0.6 is 0 Å². The quantitative estimate of drug-likeness (QED) is 0.736. The first-order valence-electron chi connectivity index (χ1n) is 9.01. The number of nitrogens with zero attached hydrogens (tertiary/aromatic N) is 1. The van der Waals surface area contributed by atoms with Crippen molar-refractivity contribution >= 4 is 0 Å². The summed E-state index contributed by atoms with van der Waals surface area (Å²) in [5, 5.41) is 3.76. The van der Waals surface area contributed by atoms with Gasteiger partial charge < -0.3 is 5.32 Å². The summed E-state index contributed by atoms with van der Waals surface area (Å²) in [6.07, 6.45) is 10.1. The Morgan fingerprint density at radius 2 is 1.75 bits per heavy atom. The van der Waals surface area contributed by atoms with Crippen LogP contribution in [0.2, 0.25) is 0 Å². The van der Waals surface area contributed by atoms with Crippen molar-refractivity contribution in [2.45, 2.75) is 77.8 Å². The van der Waals surface area contributed by atoms with Crippen LogP contribution in [-0.4, -0.2) is 36.6 Å². The van der Waals surface area contributed by atoms with E-state index in [-0.39, 0.29) is 0 Å². The van der Waals surface area contributed by atoms with E-state index >= 15 is 0 Å². The number of nitrogens with one attached hydrogen (secondary N) is 1. The van der Waals surface area contributed by atoms with Crippen molar-refractivity contribution in [3.63, 3.8) is 0 Å². The van der Waals surface area contributed by atoms with Crippen LogP contribution in [0.25, 0.3) is 0 Å². The van der Waals surface area contributed by atoms with Crippen molar-refractivity contribution in [1.82, 2.24) is 10.2 Å². The zero-order valence-electron chi connectivity index (χ0n) is 13.8. The predicted octanol–water partition coefficient (Wildman–Crippen LogP) is 3.67. The molecule has 1 aliphatic carbocycles. The fourth-order valence-corrected chi connectivity index (χ4v) is 4.89. The molecule has 116 valence electrons. The van der Waals surface area contributed by atoms with Crippen molar-refractivity contribution in [3.05, 3.63) is 0 Å². The summed E-state index contributed by atoms with van der Waals surface area (Å²) in [4.78, 5) is 2.85. The molecule has 1 N–H and O–H groups in total. The van der Waals surface area contributed by atoms with Crippen molar-refractivity contribution in [2.75, 3.05) is 19.6 Å². The van der Waals surface area contributed by atoms with Gasteiger partial charge in [0.15, 0.2) is 0 Å². The lowest BCUT2D eigenvalue weighted by Crippen LogP contribution is -2.41. The SMILES string of the molecule is CC(C)(C)C1CCCC(N2C[C@@H]3CCCN[C@@H]3C2)CC1. The molecule has 2 unspecified atom stereocenters. The van der Waals surface area contributed by atoms with Gasteiger partial charge >= 0.3 is 0 Å². The smallest absolute Gasteiger partial charge is 0.0235 e. The molecule has 3 aliphatic rings. The number of hydrogen-bond donors (Lipinski definition) is 1. The molecule has 1 saturated carbocycles. The Bertz CT molecular complexity index is 306. The van der Waals surface area contributed by atoms with Crippen LogP contribution in [0.5, 0.6) is 0 Å². The Labute approximate surface area is 125 Å². The average molecular weight is 278 g/mol. The second-order valence-corrected chi connectivity index (χ2v) is 8.64. The summed E-state index contributed by atoms with van der Waals surface area (Å²) in [6, 6.07) is 1.69. The Morgan fingerprint density at radius 1 is 0.900 bits per heavy atom. The largest absolute Gasteiger partial charge is 0.312 e. The van der Waals surface area contributed by atoms with E-state index < -0.39 is 0 Å². The molecule has 2 heterocycles. The van der Waals surface area contributed by atoms with Gasteiger partial charge in [-0.1, -0.05) is 27.2 Å². The molecule has 2 nitrogen and oxygen atoms in total. The Morgan fingerprint density at radius 3 is 2.50 bits per heavy atom. The molecule has 0 aromatic rings. The highest BCUT2D eigenvalue weighted by atomic mass is 15.2. The van der Waals surface area contributed by atoms with Gasteiger partial charge in [-0.3, -0.25) is 4.90 Å². The molecule has 0 aromatic carbocycles. The molecule has 0 radical (unpaired) electrons. The van der Waals surface area contributed by atoms with Gasteiger partial charge in [0.05, 0.1) is 0 Å². The highest BCUT2D eigenvalue weighted by Crippen LogP contribution is 2.39. The van der Waals surface area contributed by atoms with Crippen molar-refractivity contribution < 1.29 is 0 Å². The zero-order valence-corrected chi connectivity index (χ0v) is 13.8. The highest BCUT2D eigenvalue weighted by Gasteiger charge is 2.38. The van der Waals surface area contributed by atoms with Crippen LogP contribution in [0.15, 0.2) is 0 Å². The lowest BCUT2D eigenvalue weighted by molar-refractivity contribution is 0.190. The lowest BCUT2D eigenvalue weighted by atomic mass is 9.76. The van der Waals surface area contributed by atoms with E-state index in [0.29, 0.717) is 5.41 Å². The highest BCUT2D eigenvalue weighted by molar-refractivity contribution is 4.95. The van der Waals surface area contributed by atoms with E-state index in [4.69, 9.17) is 0 Å². The summed E-state index contributed by atoms with van der Waals surface area (Å²) in [7, 11) is 0. The number of rotatable bonds is 1. The molecule has 3 rings (SSSR count). The van der Waals surface area contributed by atoms with Gasteiger partial charge in [0.1, 0.15) is 0 Å². The Balaban J connectivity index is 1.56. The van der Waals surface area contributed by atoms with Crippen molar-refractivity contribution in [1.29, 1.82) is 0 Å². The monoisotopic (exact) mass is 278 g/mol. The maximum atomic E-state index is 3.76. The average Bonchev–Trinajstić information content (AvgIpc) is 2.65. The molecule has 2 heteroatoms. The normalized spacial score (nSPS) is 40.4. The minimum atomic E-state index is 0.509. The lowest BCUT2D eigenvalue weighted by Gasteiger charge is -2.30. The first-order chi connectivity index (χ1) is 9.54. The fourth-order valence-electron chi connectivity index (χ4n) is 4.89.